The molecule has 0 aliphatic carbocycles. The Kier molecular flexibility index (Phi) is 9.10. The van der Waals surface area contributed by atoms with Crippen molar-refractivity contribution in [2.24, 2.45) is 0 Å². The van der Waals surface area contributed by atoms with E-state index in [0.717, 1.165) is 36.8 Å². The van der Waals surface area contributed by atoms with Gasteiger partial charge in [0.2, 0.25) is 0 Å². The van der Waals surface area contributed by atoms with Gasteiger partial charge in [-0.2, -0.15) is 0 Å². The maximum atomic E-state index is 8.76. The molecule has 0 aliphatic rings. The van der Waals surface area contributed by atoms with Crippen LogP contribution in [0.2, 0.25) is 0 Å². The van der Waals surface area contributed by atoms with E-state index < -0.39 is 0 Å². The molecule has 2 N–H and O–H groups in total. The van der Waals surface area contributed by atoms with E-state index in [4.69, 9.17) is 5.11 Å². The van der Waals surface area contributed by atoms with E-state index >= 15 is 0 Å². The fourth-order valence-electron chi connectivity index (χ4n) is 2.30. The average Bonchev–Trinajstić information content (AvgIpc) is 2.46. The fourth-order valence-corrected chi connectivity index (χ4v) is 2.57. The summed E-state index contributed by atoms with van der Waals surface area (Å²) in [6.45, 7) is 2.51. The molecular weight excluding hydrogens is 316 g/mol. The highest BCUT2D eigenvalue weighted by Crippen LogP contribution is 2.19. The van der Waals surface area contributed by atoms with Gasteiger partial charge in [-0.25, -0.2) is 0 Å². The van der Waals surface area contributed by atoms with Gasteiger partial charge < -0.3 is 15.3 Å². The molecule has 4 heteroatoms. The van der Waals surface area contributed by atoms with Gasteiger partial charge in [0, 0.05) is 17.1 Å². The summed E-state index contributed by atoms with van der Waals surface area (Å²) in [5.74, 6) is 0. The highest BCUT2D eigenvalue weighted by atomic mass is 79.9. The molecule has 0 aromatic heterocycles. The number of unbranched alkanes of at least 4 members (excludes halogenated alkanes) is 2. The van der Waals surface area contributed by atoms with Crippen LogP contribution < -0.4 is 5.32 Å². The lowest BCUT2D eigenvalue weighted by molar-refractivity contribution is 0.269. The van der Waals surface area contributed by atoms with Crippen molar-refractivity contribution in [3.63, 3.8) is 0 Å². The molecule has 0 fully saturated rings. The van der Waals surface area contributed by atoms with E-state index in [1.165, 1.54) is 12.0 Å². The first kappa shape index (κ1) is 17.6. The van der Waals surface area contributed by atoms with Gasteiger partial charge in [-0.15, -0.1) is 0 Å². The summed E-state index contributed by atoms with van der Waals surface area (Å²) in [7, 11) is 4.20. The third-order valence-corrected chi connectivity index (χ3v) is 4.15. The molecule has 3 nitrogen and oxygen atoms in total. The van der Waals surface area contributed by atoms with Crippen molar-refractivity contribution < 1.29 is 5.11 Å². The molecule has 0 spiro atoms. The van der Waals surface area contributed by atoms with Crippen molar-refractivity contribution in [2.75, 3.05) is 33.8 Å². The second-order valence-electron chi connectivity index (χ2n) is 5.27. The lowest BCUT2D eigenvalue weighted by atomic mass is 10.0. The molecule has 1 aromatic carbocycles. The Morgan fingerprint density at radius 1 is 1.15 bits per heavy atom. The topological polar surface area (TPSA) is 35.5 Å². The predicted octanol–water partition coefficient (Wildman–Crippen LogP) is 3.19. The number of hydrogen-bond acceptors (Lipinski definition) is 3. The van der Waals surface area contributed by atoms with Gasteiger partial charge >= 0.3 is 0 Å². The van der Waals surface area contributed by atoms with Crippen LogP contribution in [0, 0.1) is 0 Å². The zero-order valence-corrected chi connectivity index (χ0v) is 14.2. The standard InChI is InChI=1S/C16H27BrN2O/c1-18-16(14-6-8-15(17)9-7-14)10-12-19(2)11-4-3-5-13-20/h6-9,16,18,20H,3-5,10-13H2,1-2H3. The van der Waals surface area contributed by atoms with Crippen molar-refractivity contribution in [1.29, 1.82) is 0 Å². The maximum Gasteiger partial charge on any atom is 0.0431 e. The lowest BCUT2D eigenvalue weighted by Crippen LogP contribution is -2.26. The minimum Gasteiger partial charge on any atom is -0.396 e. The van der Waals surface area contributed by atoms with Crippen molar-refractivity contribution in [3.05, 3.63) is 34.3 Å². The van der Waals surface area contributed by atoms with E-state index in [0.29, 0.717) is 12.6 Å². The van der Waals surface area contributed by atoms with E-state index in [-0.39, 0.29) is 0 Å². The van der Waals surface area contributed by atoms with Crippen LogP contribution in [0.3, 0.4) is 0 Å². The first-order chi connectivity index (χ1) is 9.67. The molecule has 0 bridgehead atoms. The summed E-state index contributed by atoms with van der Waals surface area (Å²) >= 11 is 3.47. The van der Waals surface area contributed by atoms with Crippen LogP contribution >= 0.6 is 15.9 Å². The first-order valence-electron chi connectivity index (χ1n) is 7.39. The summed E-state index contributed by atoms with van der Waals surface area (Å²) in [6, 6.07) is 8.94. The molecule has 1 aromatic rings. The summed E-state index contributed by atoms with van der Waals surface area (Å²) in [5, 5.41) is 12.2. The molecule has 1 unspecified atom stereocenters. The molecule has 0 amide bonds. The first-order valence-corrected chi connectivity index (χ1v) is 8.18. The molecule has 0 saturated carbocycles. The van der Waals surface area contributed by atoms with Crippen molar-refractivity contribution >= 4 is 15.9 Å². The van der Waals surface area contributed by atoms with Gasteiger partial charge in [0.1, 0.15) is 0 Å². The largest absolute Gasteiger partial charge is 0.396 e. The number of aliphatic hydroxyl groups is 1. The van der Waals surface area contributed by atoms with Crippen molar-refractivity contribution in [3.8, 4) is 0 Å². The second kappa shape index (κ2) is 10.3. The number of hydrogen-bond donors (Lipinski definition) is 2. The van der Waals surface area contributed by atoms with Gasteiger partial charge in [-0.05, 0) is 70.6 Å². The zero-order valence-electron chi connectivity index (χ0n) is 12.6. The highest BCUT2D eigenvalue weighted by molar-refractivity contribution is 9.10. The molecule has 20 heavy (non-hydrogen) atoms. The van der Waals surface area contributed by atoms with Gasteiger partial charge in [0.25, 0.3) is 0 Å². The Hall–Kier alpha value is -0.420. The van der Waals surface area contributed by atoms with E-state index in [2.05, 4.69) is 57.5 Å². The minimum atomic E-state index is 0.315. The summed E-state index contributed by atoms with van der Waals surface area (Å²) in [6.07, 6.45) is 4.31. The van der Waals surface area contributed by atoms with Gasteiger partial charge in [-0.1, -0.05) is 28.1 Å². The minimum absolute atomic E-state index is 0.315. The van der Waals surface area contributed by atoms with E-state index in [1.54, 1.807) is 0 Å². The molecule has 1 rings (SSSR count). The Labute approximate surface area is 131 Å². The average molecular weight is 343 g/mol. The van der Waals surface area contributed by atoms with E-state index in [1.807, 2.05) is 7.05 Å². The summed E-state index contributed by atoms with van der Waals surface area (Å²) in [4.78, 5) is 2.38. The molecular formula is C16H27BrN2O. The number of rotatable bonds is 10. The van der Waals surface area contributed by atoms with Crippen LogP contribution in [0.5, 0.6) is 0 Å². The Balaban J connectivity index is 2.32. The summed E-state index contributed by atoms with van der Waals surface area (Å²) in [5.41, 5.74) is 1.34. The molecule has 1 atom stereocenters. The van der Waals surface area contributed by atoms with E-state index in [9.17, 15) is 0 Å². The van der Waals surface area contributed by atoms with Crippen LogP contribution in [0.4, 0.5) is 0 Å². The monoisotopic (exact) mass is 342 g/mol. The number of aliphatic hydroxyl groups excluding tert-OH is 1. The Morgan fingerprint density at radius 3 is 2.45 bits per heavy atom. The number of benzene rings is 1. The highest BCUT2D eigenvalue weighted by Gasteiger charge is 2.10. The molecule has 0 saturated heterocycles. The van der Waals surface area contributed by atoms with Crippen LogP contribution in [-0.4, -0.2) is 43.8 Å². The SMILES string of the molecule is CNC(CCN(C)CCCCCO)c1ccc(Br)cc1. The molecule has 0 heterocycles. The third-order valence-electron chi connectivity index (χ3n) is 3.62. The number of nitrogens with zero attached hydrogens (tertiary/aromatic N) is 1. The zero-order chi connectivity index (χ0) is 14.8. The molecule has 114 valence electrons. The number of halogens is 1. The Morgan fingerprint density at radius 2 is 1.85 bits per heavy atom. The van der Waals surface area contributed by atoms with Crippen LogP contribution in [0.15, 0.2) is 28.7 Å². The van der Waals surface area contributed by atoms with Gasteiger partial charge in [0.05, 0.1) is 0 Å². The normalized spacial score (nSPS) is 12.8. The Bertz CT molecular complexity index is 356. The molecule has 0 radical (unpaired) electrons. The lowest BCUT2D eigenvalue weighted by Gasteiger charge is -2.22. The summed E-state index contributed by atoms with van der Waals surface area (Å²) < 4.78 is 1.12. The quantitative estimate of drug-likeness (QED) is 0.641. The molecule has 0 aliphatic heterocycles. The van der Waals surface area contributed by atoms with Crippen LogP contribution in [-0.2, 0) is 0 Å². The van der Waals surface area contributed by atoms with Gasteiger partial charge in [-0.3, -0.25) is 0 Å². The third kappa shape index (κ3) is 6.84. The maximum absolute atomic E-state index is 8.76. The van der Waals surface area contributed by atoms with Crippen molar-refractivity contribution in [2.45, 2.75) is 31.7 Å². The van der Waals surface area contributed by atoms with Crippen LogP contribution in [0.1, 0.15) is 37.3 Å². The predicted molar refractivity (Wildman–Crippen MR) is 89.0 cm³/mol. The van der Waals surface area contributed by atoms with Crippen LogP contribution in [0.25, 0.3) is 0 Å². The van der Waals surface area contributed by atoms with Crippen molar-refractivity contribution in [1.82, 2.24) is 10.2 Å². The van der Waals surface area contributed by atoms with Gasteiger partial charge in [0.15, 0.2) is 0 Å². The second-order valence-corrected chi connectivity index (χ2v) is 6.18. The smallest absolute Gasteiger partial charge is 0.0431 e. The number of nitrogens with one attached hydrogen (secondary N) is 1. The fraction of sp³-hybridized carbons (Fsp3) is 0.625.